The van der Waals surface area contributed by atoms with E-state index in [-0.39, 0.29) is 11.8 Å². The van der Waals surface area contributed by atoms with E-state index in [2.05, 4.69) is 12.2 Å². The van der Waals surface area contributed by atoms with Gasteiger partial charge in [0.05, 0.1) is 6.04 Å². The number of amides is 2. The van der Waals surface area contributed by atoms with Gasteiger partial charge in [-0.25, -0.2) is 0 Å². The molecule has 3 rings (SSSR count). The number of benzene rings is 1. The smallest absolute Gasteiger partial charge is 0.244 e. The second-order valence-electron chi connectivity index (χ2n) is 5.36. The van der Waals surface area contributed by atoms with Crippen LogP contribution in [0, 0.1) is 0 Å². The number of hydrogen-bond acceptors (Lipinski definition) is 4. The van der Waals surface area contributed by atoms with Crippen molar-refractivity contribution in [3.05, 3.63) is 34.9 Å². The van der Waals surface area contributed by atoms with Crippen LogP contribution in [-0.2, 0) is 22.6 Å². The highest BCUT2D eigenvalue weighted by Gasteiger charge is 2.40. The molecule has 0 aromatic heterocycles. The first-order valence-corrected chi connectivity index (χ1v) is 7.00. The van der Waals surface area contributed by atoms with E-state index in [9.17, 15) is 14.7 Å². The molecule has 0 spiro atoms. The molecule has 0 aliphatic carbocycles. The zero-order chi connectivity index (χ0) is 14.3. The number of rotatable bonds is 2. The van der Waals surface area contributed by atoms with Gasteiger partial charge in [-0.15, -0.1) is 0 Å². The van der Waals surface area contributed by atoms with Crippen LogP contribution in [0.4, 0.5) is 0 Å². The van der Waals surface area contributed by atoms with E-state index in [1.165, 1.54) is 0 Å². The van der Waals surface area contributed by atoms with Crippen molar-refractivity contribution in [1.82, 2.24) is 10.2 Å². The second-order valence-corrected chi connectivity index (χ2v) is 5.36. The van der Waals surface area contributed by atoms with Gasteiger partial charge in [0.25, 0.3) is 0 Å². The average Bonchev–Trinajstić information content (AvgIpc) is 2.76. The van der Waals surface area contributed by atoms with E-state index in [1.54, 1.807) is 4.90 Å². The Kier molecular flexibility index (Phi) is 3.31. The molecule has 1 fully saturated rings. The monoisotopic (exact) mass is 274 g/mol. The number of carbonyl (C=O) groups excluding carboxylic acids is 2. The summed E-state index contributed by atoms with van der Waals surface area (Å²) in [6.45, 7) is 2.60. The Balaban J connectivity index is 1.88. The summed E-state index contributed by atoms with van der Waals surface area (Å²) in [6.07, 6.45) is 0.891. The molecule has 2 amide bonds. The molecule has 0 saturated carbocycles. The Bertz CT molecular complexity index is 570. The van der Waals surface area contributed by atoms with Crippen molar-refractivity contribution < 1.29 is 14.7 Å². The molecule has 1 aromatic carbocycles. The van der Waals surface area contributed by atoms with E-state index < -0.39 is 12.3 Å². The van der Waals surface area contributed by atoms with Gasteiger partial charge in [0.1, 0.15) is 6.23 Å². The predicted molar refractivity (Wildman–Crippen MR) is 72.5 cm³/mol. The summed E-state index contributed by atoms with van der Waals surface area (Å²) in [5, 5.41) is 12.9. The molecule has 2 unspecified atom stereocenters. The molecule has 20 heavy (non-hydrogen) atoms. The van der Waals surface area contributed by atoms with Crippen LogP contribution in [0.3, 0.4) is 0 Å². The number of nitrogens with one attached hydrogen (secondary N) is 1. The lowest BCUT2D eigenvalue weighted by Crippen LogP contribution is -2.51. The van der Waals surface area contributed by atoms with Crippen LogP contribution in [0.2, 0.25) is 0 Å². The largest absolute Gasteiger partial charge is 0.374 e. The van der Waals surface area contributed by atoms with Crippen LogP contribution in [-0.4, -0.2) is 27.9 Å². The number of imide groups is 1. The molecule has 106 valence electrons. The standard InChI is InChI=1S/C15H18N2O3/c1-2-9-4-3-5-10-8-17(15(20)13(9)10)11-6-7-12(18)16-14(11)19/h3-5,11,15,20H,2,6-8H2,1H3,(H,16,18,19). The Morgan fingerprint density at radius 1 is 1.40 bits per heavy atom. The maximum Gasteiger partial charge on any atom is 0.244 e. The average molecular weight is 274 g/mol. The lowest BCUT2D eigenvalue weighted by Gasteiger charge is -2.31. The van der Waals surface area contributed by atoms with Gasteiger partial charge < -0.3 is 5.11 Å². The minimum Gasteiger partial charge on any atom is -0.374 e. The summed E-state index contributed by atoms with van der Waals surface area (Å²) in [5.41, 5.74) is 3.12. The fourth-order valence-corrected chi connectivity index (χ4v) is 3.17. The van der Waals surface area contributed by atoms with Crippen molar-refractivity contribution in [3.63, 3.8) is 0 Å². The molecule has 2 aliphatic heterocycles. The SMILES string of the molecule is CCc1cccc2c1C(O)N(C1CCC(=O)NC1=O)C2. The molecule has 1 saturated heterocycles. The van der Waals surface area contributed by atoms with Gasteiger partial charge in [-0.05, 0) is 24.0 Å². The number of piperidine rings is 1. The molecule has 0 radical (unpaired) electrons. The van der Waals surface area contributed by atoms with Crippen molar-refractivity contribution in [2.45, 2.75) is 45.0 Å². The number of fused-ring (bicyclic) bond motifs is 1. The molecule has 5 heteroatoms. The van der Waals surface area contributed by atoms with Gasteiger partial charge in [0, 0.05) is 18.5 Å². The molecule has 2 N–H and O–H groups in total. The summed E-state index contributed by atoms with van der Waals surface area (Å²) < 4.78 is 0. The highest BCUT2D eigenvalue weighted by Crippen LogP contribution is 2.37. The maximum atomic E-state index is 12.0. The summed E-state index contributed by atoms with van der Waals surface area (Å²) in [6, 6.07) is 5.55. The lowest BCUT2D eigenvalue weighted by molar-refractivity contribution is -0.141. The number of hydrogen-bond donors (Lipinski definition) is 2. The van der Waals surface area contributed by atoms with E-state index >= 15 is 0 Å². The van der Waals surface area contributed by atoms with E-state index in [4.69, 9.17) is 0 Å². The highest BCUT2D eigenvalue weighted by molar-refractivity contribution is 6.00. The fraction of sp³-hybridized carbons (Fsp3) is 0.467. The zero-order valence-corrected chi connectivity index (χ0v) is 11.4. The molecule has 2 atom stereocenters. The number of aryl methyl sites for hydroxylation is 1. The van der Waals surface area contributed by atoms with Gasteiger partial charge in [0.15, 0.2) is 0 Å². The number of carbonyl (C=O) groups is 2. The third kappa shape index (κ3) is 2.03. The molecule has 2 aliphatic rings. The Hall–Kier alpha value is -1.72. The highest BCUT2D eigenvalue weighted by atomic mass is 16.3. The zero-order valence-electron chi connectivity index (χ0n) is 11.4. The molecule has 0 bridgehead atoms. The van der Waals surface area contributed by atoms with Crippen molar-refractivity contribution >= 4 is 11.8 Å². The predicted octanol–water partition coefficient (Wildman–Crippen LogP) is 0.861. The Morgan fingerprint density at radius 2 is 2.20 bits per heavy atom. The third-order valence-corrected chi connectivity index (χ3v) is 4.20. The van der Waals surface area contributed by atoms with Crippen LogP contribution in [0.1, 0.15) is 42.7 Å². The van der Waals surface area contributed by atoms with Crippen molar-refractivity contribution in [2.75, 3.05) is 0 Å². The van der Waals surface area contributed by atoms with E-state index in [1.807, 2.05) is 18.2 Å². The normalized spacial score (nSPS) is 26.5. The van der Waals surface area contributed by atoms with E-state index in [0.29, 0.717) is 19.4 Å². The van der Waals surface area contributed by atoms with Gasteiger partial charge in [-0.1, -0.05) is 25.1 Å². The van der Waals surface area contributed by atoms with Crippen molar-refractivity contribution in [3.8, 4) is 0 Å². The first-order chi connectivity index (χ1) is 9.61. The molecular weight excluding hydrogens is 256 g/mol. The topological polar surface area (TPSA) is 69.6 Å². The first-order valence-electron chi connectivity index (χ1n) is 7.00. The fourth-order valence-electron chi connectivity index (χ4n) is 3.17. The van der Waals surface area contributed by atoms with Gasteiger partial charge in [-0.2, -0.15) is 0 Å². The summed E-state index contributed by atoms with van der Waals surface area (Å²) in [5.74, 6) is -0.530. The maximum absolute atomic E-state index is 12.0. The van der Waals surface area contributed by atoms with Crippen LogP contribution >= 0.6 is 0 Å². The van der Waals surface area contributed by atoms with Crippen LogP contribution in [0.5, 0.6) is 0 Å². The molecular formula is C15H18N2O3. The quantitative estimate of drug-likeness (QED) is 0.785. The Labute approximate surface area is 117 Å². The van der Waals surface area contributed by atoms with Crippen LogP contribution in [0.15, 0.2) is 18.2 Å². The van der Waals surface area contributed by atoms with Crippen LogP contribution in [0.25, 0.3) is 0 Å². The molecule has 5 nitrogen and oxygen atoms in total. The van der Waals surface area contributed by atoms with Gasteiger partial charge >= 0.3 is 0 Å². The summed E-state index contributed by atoms with van der Waals surface area (Å²) >= 11 is 0. The molecule has 2 heterocycles. The van der Waals surface area contributed by atoms with Gasteiger partial charge in [-0.3, -0.25) is 19.8 Å². The number of aliphatic hydroxyl groups is 1. The van der Waals surface area contributed by atoms with Crippen LogP contribution < -0.4 is 5.32 Å². The minimum atomic E-state index is -0.759. The molecule has 1 aromatic rings. The van der Waals surface area contributed by atoms with Crippen molar-refractivity contribution in [2.24, 2.45) is 0 Å². The number of nitrogens with zero attached hydrogens (tertiary/aromatic N) is 1. The minimum absolute atomic E-state index is 0.230. The van der Waals surface area contributed by atoms with E-state index in [0.717, 1.165) is 23.1 Å². The van der Waals surface area contributed by atoms with Crippen molar-refractivity contribution in [1.29, 1.82) is 0 Å². The Morgan fingerprint density at radius 3 is 2.90 bits per heavy atom. The summed E-state index contributed by atoms with van der Waals surface area (Å²) in [4.78, 5) is 25.0. The summed E-state index contributed by atoms with van der Waals surface area (Å²) in [7, 11) is 0. The second kappa shape index (κ2) is 5.00. The number of aliphatic hydroxyl groups excluding tert-OH is 1. The first kappa shape index (κ1) is 13.3. The van der Waals surface area contributed by atoms with Gasteiger partial charge in [0.2, 0.25) is 11.8 Å². The third-order valence-electron chi connectivity index (χ3n) is 4.20. The lowest BCUT2D eigenvalue weighted by atomic mass is 10.0.